The van der Waals surface area contributed by atoms with Gasteiger partial charge in [0.25, 0.3) is 0 Å². The normalized spacial score (nSPS) is 11.5. The standard InChI is InChI=1S/C61H42N2O/c1-41-37-47(43-19-7-3-8-20-43)38-54(45-21-9-4-10-22-45)60(41)62(48-33-29-44(30-34-48)42-17-5-2-6-18-42)50-39-55(61-56(40-50)53-25-13-16-28-59(53)64-61)46-31-35-49(36-32-46)63-57-26-14-11-23-51(57)52-24-12-15-27-58(52)63/h2-40H,1H3. The summed E-state index contributed by atoms with van der Waals surface area (Å²) in [6.45, 7) is 2.25. The maximum atomic E-state index is 6.82. The number of anilines is 3. The number of nitrogens with zero attached hydrogens (tertiary/aromatic N) is 2. The molecule has 3 heteroatoms. The predicted molar refractivity (Wildman–Crippen MR) is 269 cm³/mol. The highest BCUT2D eigenvalue weighted by atomic mass is 16.3. The van der Waals surface area contributed by atoms with Crippen LogP contribution in [0, 0.1) is 6.92 Å². The molecule has 0 radical (unpaired) electrons. The van der Waals surface area contributed by atoms with Crippen molar-refractivity contribution in [3.8, 4) is 50.2 Å². The maximum Gasteiger partial charge on any atom is 0.143 e. The minimum Gasteiger partial charge on any atom is -0.455 e. The van der Waals surface area contributed by atoms with Gasteiger partial charge in [-0.25, -0.2) is 0 Å². The molecule has 302 valence electrons. The molecule has 0 saturated heterocycles. The van der Waals surface area contributed by atoms with E-state index in [4.69, 9.17) is 4.42 Å². The van der Waals surface area contributed by atoms with Crippen LogP contribution in [0.1, 0.15) is 5.56 Å². The lowest BCUT2D eigenvalue weighted by molar-refractivity contribution is 0.670. The lowest BCUT2D eigenvalue weighted by atomic mass is 9.92. The van der Waals surface area contributed by atoms with Crippen molar-refractivity contribution in [2.24, 2.45) is 0 Å². The highest BCUT2D eigenvalue weighted by Gasteiger charge is 2.24. The van der Waals surface area contributed by atoms with E-state index < -0.39 is 0 Å². The van der Waals surface area contributed by atoms with Crippen LogP contribution in [0.4, 0.5) is 17.1 Å². The van der Waals surface area contributed by atoms with Crippen LogP contribution >= 0.6 is 0 Å². The van der Waals surface area contributed by atoms with Crippen LogP contribution in [0.25, 0.3) is 93.9 Å². The monoisotopic (exact) mass is 818 g/mol. The first kappa shape index (κ1) is 37.4. The molecule has 0 N–H and O–H groups in total. The van der Waals surface area contributed by atoms with Crippen molar-refractivity contribution in [1.82, 2.24) is 4.57 Å². The van der Waals surface area contributed by atoms with Gasteiger partial charge in [-0.05, 0) is 113 Å². The van der Waals surface area contributed by atoms with Gasteiger partial charge in [-0.3, -0.25) is 0 Å². The van der Waals surface area contributed by atoms with Crippen LogP contribution in [0.5, 0.6) is 0 Å². The van der Waals surface area contributed by atoms with Gasteiger partial charge in [0.15, 0.2) is 0 Å². The molecule has 64 heavy (non-hydrogen) atoms. The third-order valence-corrected chi connectivity index (χ3v) is 12.7. The highest BCUT2D eigenvalue weighted by Crippen LogP contribution is 2.48. The van der Waals surface area contributed by atoms with Crippen molar-refractivity contribution < 1.29 is 4.42 Å². The molecule has 0 aliphatic heterocycles. The Bertz CT molecular complexity index is 3590. The van der Waals surface area contributed by atoms with Crippen molar-refractivity contribution >= 4 is 60.8 Å². The van der Waals surface area contributed by atoms with Crippen molar-refractivity contribution in [1.29, 1.82) is 0 Å². The van der Waals surface area contributed by atoms with Crippen molar-refractivity contribution in [3.63, 3.8) is 0 Å². The van der Waals surface area contributed by atoms with E-state index in [1.54, 1.807) is 0 Å². The second-order valence-corrected chi connectivity index (χ2v) is 16.6. The number of para-hydroxylation sites is 3. The van der Waals surface area contributed by atoms with E-state index in [0.717, 1.165) is 66.9 Å². The zero-order valence-electron chi connectivity index (χ0n) is 35.3. The SMILES string of the molecule is Cc1cc(-c2ccccc2)cc(-c2ccccc2)c1N(c1ccc(-c2ccccc2)cc1)c1cc(-c2ccc(-n3c4ccccc4c4ccccc43)cc2)c2oc3ccccc3c2c1. The second-order valence-electron chi connectivity index (χ2n) is 16.6. The summed E-state index contributed by atoms with van der Waals surface area (Å²) < 4.78 is 9.19. The van der Waals surface area contributed by atoms with Gasteiger partial charge in [0, 0.05) is 49.7 Å². The quantitative estimate of drug-likeness (QED) is 0.152. The smallest absolute Gasteiger partial charge is 0.143 e. The van der Waals surface area contributed by atoms with Gasteiger partial charge in [-0.15, -0.1) is 0 Å². The fourth-order valence-corrected chi connectivity index (χ4v) is 9.70. The summed E-state index contributed by atoms with van der Waals surface area (Å²) in [6, 6.07) is 85.2. The van der Waals surface area contributed by atoms with E-state index in [-0.39, 0.29) is 0 Å². The predicted octanol–water partition coefficient (Wildman–Crippen LogP) is 17.1. The number of fused-ring (bicyclic) bond motifs is 6. The Kier molecular flexibility index (Phi) is 9.05. The molecular formula is C61H42N2O. The molecule has 0 unspecified atom stereocenters. The van der Waals surface area contributed by atoms with Crippen molar-refractivity contribution in [2.45, 2.75) is 6.92 Å². The van der Waals surface area contributed by atoms with E-state index in [1.165, 1.54) is 49.6 Å². The lowest BCUT2D eigenvalue weighted by Gasteiger charge is -2.31. The average molecular weight is 819 g/mol. The molecule has 0 fully saturated rings. The van der Waals surface area contributed by atoms with Crippen LogP contribution in [0.15, 0.2) is 241 Å². The first-order valence-electron chi connectivity index (χ1n) is 21.9. The van der Waals surface area contributed by atoms with Crippen LogP contribution in [-0.2, 0) is 0 Å². The van der Waals surface area contributed by atoms with E-state index in [1.807, 2.05) is 0 Å². The molecule has 0 atom stereocenters. The third kappa shape index (κ3) is 6.37. The summed E-state index contributed by atoms with van der Waals surface area (Å²) in [5, 5.41) is 4.65. The van der Waals surface area contributed by atoms with Gasteiger partial charge >= 0.3 is 0 Å². The van der Waals surface area contributed by atoms with Gasteiger partial charge in [-0.1, -0.05) is 170 Å². The fourth-order valence-electron chi connectivity index (χ4n) is 9.70. The number of hydrogen-bond donors (Lipinski definition) is 0. The Morgan fingerprint density at radius 1 is 0.359 bits per heavy atom. The molecule has 0 bridgehead atoms. The van der Waals surface area contributed by atoms with E-state index >= 15 is 0 Å². The van der Waals surface area contributed by atoms with Gasteiger partial charge in [0.2, 0.25) is 0 Å². The number of aromatic nitrogens is 1. The molecule has 2 aromatic heterocycles. The molecule has 12 aromatic rings. The lowest BCUT2D eigenvalue weighted by Crippen LogP contribution is -2.13. The minimum absolute atomic E-state index is 0.866. The molecule has 3 nitrogen and oxygen atoms in total. The van der Waals surface area contributed by atoms with Gasteiger partial charge in [-0.2, -0.15) is 0 Å². The molecule has 2 heterocycles. The summed E-state index contributed by atoms with van der Waals surface area (Å²) in [6.07, 6.45) is 0. The number of benzene rings is 10. The maximum absolute atomic E-state index is 6.82. The van der Waals surface area contributed by atoms with Crippen LogP contribution in [0.2, 0.25) is 0 Å². The molecule has 0 aliphatic rings. The Hall–Kier alpha value is -8.40. The molecule has 0 saturated carbocycles. The molecular weight excluding hydrogens is 777 g/mol. The van der Waals surface area contributed by atoms with Crippen molar-refractivity contribution in [2.75, 3.05) is 4.90 Å². The number of aryl methyl sites for hydroxylation is 1. The fraction of sp³-hybridized carbons (Fsp3) is 0.0164. The number of hydrogen-bond acceptors (Lipinski definition) is 2. The summed E-state index contributed by atoms with van der Waals surface area (Å²) in [4.78, 5) is 2.46. The number of furan rings is 1. The van der Waals surface area contributed by atoms with Gasteiger partial charge < -0.3 is 13.9 Å². The van der Waals surface area contributed by atoms with Crippen LogP contribution < -0.4 is 4.90 Å². The van der Waals surface area contributed by atoms with Crippen LogP contribution in [0.3, 0.4) is 0 Å². The zero-order valence-corrected chi connectivity index (χ0v) is 35.3. The third-order valence-electron chi connectivity index (χ3n) is 12.7. The van der Waals surface area contributed by atoms with Crippen molar-refractivity contribution in [3.05, 3.63) is 242 Å². The molecule has 0 spiro atoms. The van der Waals surface area contributed by atoms with E-state index in [9.17, 15) is 0 Å². The molecule has 0 amide bonds. The topological polar surface area (TPSA) is 21.3 Å². The molecule has 12 rings (SSSR count). The Labute approximate surface area is 372 Å². The van der Waals surface area contributed by atoms with Gasteiger partial charge in [0.1, 0.15) is 11.2 Å². The second kappa shape index (κ2) is 15.5. The largest absolute Gasteiger partial charge is 0.455 e. The first-order chi connectivity index (χ1) is 31.7. The number of rotatable bonds is 8. The highest BCUT2D eigenvalue weighted by molar-refractivity contribution is 6.12. The average Bonchev–Trinajstić information content (AvgIpc) is 3.91. The van der Waals surface area contributed by atoms with E-state index in [0.29, 0.717) is 0 Å². The summed E-state index contributed by atoms with van der Waals surface area (Å²) >= 11 is 0. The summed E-state index contributed by atoms with van der Waals surface area (Å²) in [7, 11) is 0. The summed E-state index contributed by atoms with van der Waals surface area (Å²) in [5.74, 6) is 0. The Balaban J connectivity index is 1.10. The zero-order chi connectivity index (χ0) is 42.6. The minimum atomic E-state index is 0.866. The Morgan fingerprint density at radius 2 is 0.859 bits per heavy atom. The molecule has 10 aromatic carbocycles. The Morgan fingerprint density at radius 3 is 1.50 bits per heavy atom. The summed E-state index contributed by atoms with van der Waals surface area (Å²) in [5.41, 5.74) is 18.8. The first-order valence-corrected chi connectivity index (χ1v) is 21.9. The van der Waals surface area contributed by atoms with E-state index in [2.05, 4.69) is 253 Å². The molecule has 0 aliphatic carbocycles. The van der Waals surface area contributed by atoms with Crippen LogP contribution in [-0.4, -0.2) is 4.57 Å². The van der Waals surface area contributed by atoms with Gasteiger partial charge in [0.05, 0.1) is 16.7 Å².